The summed E-state index contributed by atoms with van der Waals surface area (Å²) in [6, 6.07) is 14.5. The van der Waals surface area contributed by atoms with Gasteiger partial charge in [-0.25, -0.2) is 0 Å². The Morgan fingerprint density at radius 1 is 1.05 bits per heavy atom. The van der Waals surface area contributed by atoms with Crippen LogP contribution >= 0.6 is 15.9 Å². The molecule has 0 amide bonds. The Kier molecular flexibility index (Phi) is 3.17. The molecule has 0 bridgehead atoms. The smallest absolute Gasteiger partial charge is 0.146 e. The highest BCUT2D eigenvalue weighted by atomic mass is 79.9. The van der Waals surface area contributed by atoms with Crippen molar-refractivity contribution in [1.29, 1.82) is 0 Å². The molecule has 0 atom stereocenters. The van der Waals surface area contributed by atoms with Crippen LogP contribution in [0.3, 0.4) is 0 Å². The molecule has 0 aliphatic carbocycles. The second kappa shape index (κ2) is 4.97. The zero-order valence-corrected chi connectivity index (χ0v) is 11.6. The van der Waals surface area contributed by atoms with Gasteiger partial charge in [-0.05, 0) is 48.5 Å². The second-order valence-electron chi connectivity index (χ2n) is 4.18. The van der Waals surface area contributed by atoms with Gasteiger partial charge in [0.05, 0.1) is 0 Å². The lowest BCUT2D eigenvalue weighted by Crippen LogP contribution is -1.92. The quantitative estimate of drug-likeness (QED) is 0.774. The summed E-state index contributed by atoms with van der Waals surface area (Å²) >= 11 is 3.41. The lowest BCUT2D eigenvalue weighted by Gasteiger charge is -2.03. The van der Waals surface area contributed by atoms with Crippen molar-refractivity contribution in [3.63, 3.8) is 0 Å². The highest BCUT2D eigenvalue weighted by Gasteiger charge is 2.05. The summed E-state index contributed by atoms with van der Waals surface area (Å²) in [5, 5.41) is 10.2. The average Bonchev–Trinajstić information content (AvgIpc) is 2.80. The summed E-state index contributed by atoms with van der Waals surface area (Å²) in [5.74, 6) is 1.68. The molecule has 0 spiro atoms. The predicted molar refractivity (Wildman–Crippen MR) is 76.4 cm³/mol. The number of aromatic hydroxyl groups is 1. The number of halogens is 1. The van der Waals surface area contributed by atoms with Gasteiger partial charge in [0.25, 0.3) is 0 Å². The lowest BCUT2D eigenvalue weighted by atomic mass is 10.2. The first kappa shape index (κ1) is 12.1. The molecule has 0 aliphatic rings. The number of hydrogen-bond acceptors (Lipinski definition) is 3. The number of rotatable bonds is 3. The average molecular weight is 319 g/mol. The molecule has 1 heterocycles. The van der Waals surface area contributed by atoms with E-state index in [0.717, 1.165) is 21.2 Å². The maximum atomic E-state index is 9.18. The highest BCUT2D eigenvalue weighted by Crippen LogP contribution is 2.24. The van der Waals surface area contributed by atoms with E-state index in [9.17, 15) is 5.11 Å². The Hall–Kier alpha value is -1.94. The number of benzene rings is 2. The van der Waals surface area contributed by atoms with Crippen LogP contribution in [0.5, 0.6) is 11.5 Å². The van der Waals surface area contributed by atoms with Crippen molar-refractivity contribution in [2.45, 2.75) is 6.61 Å². The number of furan rings is 1. The zero-order valence-electron chi connectivity index (χ0n) is 9.97. The van der Waals surface area contributed by atoms with Gasteiger partial charge in [0.15, 0.2) is 0 Å². The SMILES string of the molecule is Oc1ccc(OCc2cc3ccc(Br)cc3o2)cc1. The number of phenols is 1. The van der Waals surface area contributed by atoms with Crippen molar-refractivity contribution in [2.75, 3.05) is 0 Å². The topological polar surface area (TPSA) is 42.6 Å². The molecular weight excluding hydrogens is 308 g/mol. The van der Waals surface area contributed by atoms with Crippen LogP contribution in [0.2, 0.25) is 0 Å². The van der Waals surface area contributed by atoms with Gasteiger partial charge in [-0.15, -0.1) is 0 Å². The summed E-state index contributed by atoms with van der Waals surface area (Å²) in [6.07, 6.45) is 0. The molecule has 0 saturated heterocycles. The minimum atomic E-state index is 0.223. The van der Waals surface area contributed by atoms with Crippen LogP contribution < -0.4 is 4.74 Å². The predicted octanol–water partition coefficient (Wildman–Crippen LogP) is 4.48. The molecule has 3 aromatic rings. The second-order valence-corrected chi connectivity index (χ2v) is 5.09. The Morgan fingerprint density at radius 3 is 2.63 bits per heavy atom. The van der Waals surface area contributed by atoms with Crippen molar-refractivity contribution < 1.29 is 14.3 Å². The third-order valence-electron chi connectivity index (χ3n) is 2.75. The maximum Gasteiger partial charge on any atom is 0.146 e. The van der Waals surface area contributed by atoms with E-state index < -0.39 is 0 Å². The van der Waals surface area contributed by atoms with Crippen LogP contribution in [0.4, 0.5) is 0 Å². The zero-order chi connectivity index (χ0) is 13.2. The first-order valence-corrected chi connectivity index (χ1v) is 6.60. The third-order valence-corrected chi connectivity index (χ3v) is 3.24. The fourth-order valence-electron chi connectivity index (χ4n) is 1.83. The van der Waals surface area contributed by atoms with Gasteiger partial charge in [0.2, 0.25) is 0 Å². The maximum absolute atomic E-state index is 9.18. The van der Waals surface area contributed by atoms with Gasteiger partial charge in [-0.2, -0.15) is 0 Å². The molecule has 0 radical (unpaired) electrons. The third kappa shape index (κ3) is 2.74. The van der Waals surface area contributed by atoms with E-state index in [-0.39, 0.29) is 5.75 Å². The summed E-state index contributed by atoms with van der Waals surface area (Å²) in [6.45, 7) is 0.358. The van der Waals surface area contributed by atoms with Crippen LogP contribution in [0.1, 0.15) is 5.76 Å². The van der Waals surface area contributed by atoms with Crippen molar-refractivity contribution in [3.8, 4) is 11.5 Å². The number of phenolic OH excluding ortho intramolecular Hbond substituents is 1. The first-order chi connectivity index (χ1) is 9.20. The van der Waals surface area contributed by atoms with Crippen molar-refractivity contribution in [1.82, 2.24) is 0 Å². The Bertz CT molecular complexity index is 701. The van der Waals surface area contributed by atoms with Gasteiger partial charge in [0, 0.05) is 9.86 Å². The van der Waals surface area contributed by atoms with E-state index in [1.807, 2.05) is 24.3 Å². The van der Waals surface area contributed by atoms with Gasteiger partial charge in [-0.3, -0.25) is 0 Å². The fraction of sp³-hybridized carbons (Fsp3) is 0.0667. The van der Waals surface area contributed by atoms with Crippen LogP contribution in [0.25, 0.3) is 11.0 Å². The number of ether oxygens (including phenoxy) is 1. The van der Waals surface area contributed by atoms with Crippen LogP contribution in [0.15, 0.2) is 57.4 Å². The summed E-state index contributed by atoms with van der Waals surface area (Å²) < 4.78 is 12.3. The van der Waals surface area contributed by atoms with Crippen LogP contribution in [0, 0.1) is 0 Å². The van der Waals surface area contributed by atoms with Crippen LogP contribution in [-0.2, 0) is 6.61 Å². The first-order valence-electron chi connectivity index (χ1n) is 5.80. The molecule has 0 fully saturated rings. The molecule has 2 aromatic carbocycles. The molecule has 3 nitrogen and oxygen atoms in total. The van der Waals surface area contributed by atoms with Crippen LogP contribution in [-0.4, -0.2) is 5.11 Å². The molecule has 19 heavy (non-hydrogen) atoms. The summed E-state index contributed by atoms with van der Waals surface area (Å²) in [5.41, 5.74) is 0.832. The summed E-state index contributed by atoms with van der Waals surface area (Å²) in [7, 11) is 0. The molecule has 0 unspecified atom stereocenters. The van der Waals surface area contributed by atoms with Gasteiger partial charge in [0.1, 0.15) is 29.4 Å². The normalized spacial score (nSPS) is 10.8. The Morgan fingerprint density at radius 2 is 1.84 bits per heavy atom. The molecule has 4 heteroatoms. The Balaban J connectivity index is 1.76. The van der Waals surface area contributed by atoms with E-state index in [1.165, 1.54) is 0 Å². The molecule has 3 rings (SSSR count). The minimum absolute atomic E-state index is 0.223. The van der Waals surface area contributed by atoms with E-state index in [4.69, 9.17) is 9.15 Å². The molecular formula is C15H11BrO3. The standard InChI is InChI=1S/C15H11BrO3/c16-11-2-1-10-7-14(19-15(10)8-11)9-18-13-5-3-12(17)4-6-13/h1-8,17H,9H2. The number of hydrogen-bond donors (Lipinski definition) is 1. The largest absolute Gasteiger partial charge is 0.508 e. The fourth-order valence-corrected chi connectivity index (χ4v) is 2.17. The van der Waals surface area contributed by atoms with E-state index >= 15 is 0 Å². The lowest BCUT2D eigenvalue weighted by molar-refractivity contribution is 0.274. The minimum Gasteiger partial charge on any atom is -0.508 e. The molecule has 0 saturated carbocycles. The van der Waals surface area contributed by atoms with Crippen molar-refractivity contribution in [2.24, 2.45) is 0 Å². The van der Waals surface area contributed by atoms with Gasteiger partial charge in [-0.1, -0.05) is 15.9 Å². The van der Waals surface area contributed by atoms with Crippen molar-refractivity contribution in [3.05, 3.63) is 58.8 Å². The van der Waals surface area contributed by atoms with Crippen molar-refractivity contribution >= 4 is 26.9 Å². The molecule has 1 N–H and O–H groups in total. The van der Waals surface area contributed by atoms with Gasteiger partial charge < -0.3 is 14.3 Å². The highest BCUT2D eigenvalue weighted by molar-refractivity contribution is 9.10. The summed E-state index contributed by atoms with van der Waals surface area (Å²) in [4.78, 5) is 0. The van der Waals surface area contributed by atoms with Gasteiger partial charge >= 0.3 is 0 Å². The Labute approximate surface area is 118 Å². The molecule has 1 aromatic heterocycles. The van der Waals surface area contributed by atoms with E-state index in [2.05, 4.69) is 15.9 Å². The molecule has 96 valence electrons. The van der Waals surface area contributed by atoms with E-state index in [1.54, 1.807) is 24.3 Å². The molecule has 0 aliphatic heterocycles. The monoisotopic (exact) mass is 318 g/mol. The number of fused-ring (bicyclic) bond motifs is 1. The van der Waals surface area contributed by atoms with E-state index in [0.29, 0.717) is 12.4 Å².